The van der Waals surface area contributed by atoms with E-state index in [9.17, 15) is 0 Å². The molecule has 2 aliphatic heterocycles. The highest BCUT2D eigenvalue weighted by atomic mass is 32.1. The van der Waals surface area contributed by atoms with Gasteiger partial charge in [0.15, 0.2) is 5.13 Å². The van der Waals surface area contributed by atoms with E-state index >= 15 is 0 Å². The number of methoxy groups -OCH3 is 1. The van der Waals surface area contributed by atoms with Gasteiger partial charge in [0, 0.05) is 25.7 Å². The van der Waals surface area contributed by atoms with Crippen molar-refractivity contribution < 1.29 is 14.2 Å². The fraction of sp³-hybridized carbons (Fsp3) is 0.533. The van der Waals surface area contributed by atoms with Gasteiger partial charge in [0.05, 0.1) is 29.5 Å². The van der Waals surface area contributed by atoms with Gasteiger partial charge in [0.1, 0.15) is 11.9 Å². The van der Waals surface area contributed by atoms with E-state index in [1.807, 2.05) is 0 Å². The number of fused-ring (bicyclic) bond motifs is 3. The standard InChI is InChI=1S/C15H18N2O3S/c1-18-12-8-19-6-5-10(12)16-15-17-14-9-4-7-20-11(9)2-3-13(14)21-15/h2-3,10,12H,4-8H2,1H3,(H,16,17). The monoisotopic (exact) mass is 306 g/mol. The van der Waals surface area contributed by atoms with E-state index in [1.54, 1.807) is 18.4 Å². The highest BCUT2D eigenvalue weighted by molar-refractivity contribution is 7.22. The van der Waals surface area contributed by atoms with Gasteiger partial charge >= 0.3 is 0 Å². The second-order valence-corrected chi connectivity index (χ2v) is 6.43. The minimum atomic E-state index is 0.0832. The third-order valence-electron chi connectivity index (χ3n) is 4.15. The van der Waals surface area contributed by atoms with Crippen LogP contribution >= 0.6 is 11.3 Å². The summed E-state index contributed by atoms with van der Waals surface area (Å²) in [6.45, 7) is 2.18. The Kier molecular flexibility index (Phi) is 3.45. The number of hydrogen-bond acceptors (Lipinski definition) is 6. The number of anilines is 1. The first-order valence-electron chi connectivity index (χ1n) is 7.27. The molecule has 0 aliphatic carbocycles. The fourth-order valence-electron chi connectivity index (χ4n) is 3.00. The van der Waals surface area contributed by atoms with Gasteiger partial charge in [-0.15, -0.1) is 0 Å². The Balaban J connectivity index is 1.62. The number of thiazole rings is 1. The smallest absolute Gasteiger partial charge is 0.184 e. The van der Waals surface area contributed by atoms with Crippen molar-refractivity contribution in [2.24, 2.45) is 0 Å². The molecule has 0 radical (unpaired) electrons. The van der Waals surface area contributed by atoms with E-state index in [0.717, 1.165) is 42.5 Å². The van der Waals surface area contributed by atoms with Crippen LogP contribution in [0, 0.1) is 0 Å². The Morgan fingerprint density at radius 2 is 2.33 bits per heavy atom. The van der Waals surface area contributed by atoms with E-state index in [2.05, 4.69) is 17.4 Å². The van der Waals surface area contributed by atoms with Gasteiger partial charge in [0.2, 0.25) is 0 Å². The molecule has 2 unspecified atom stereocenters. The number of ether oxygens (including phenoxy) is 3. The number of hydrogen-bond donors (Lipinski definition) is 1. The number of benzene rings is 1. The van der Waals surface area contributed by atoms with Crippen LogP contribution in [0.25, 0.3) is 10.2 Å². The van der Waals surface area contributed by atoms with Crippen molar-refractivity contribution in [2.75, 3.05) is 32.2 Å². The average molecular weight is 306 g/mol. The zero-order chi connectivity index (χ0) is 14.2. The van der Waals surface area contributed by atoms with Gasteiger partial charge in [-0.2, -0.15) is 0 Å². The van der Waals surface area contributed by atoms with Crippen LogP contribution in [0.4, 0.5) is 5.13 Å². The van der Waals surface area contributed by atoms with Gasteiger partial charge in [-0.05, 0) is 18.6 Å². The molecule has 0 amide bonds. The Morgan fingerprint density at radius 3 is 3.24 bits per heavy atom. The predicted octanol–water partition coefficient (Wildman–Crippen LogP) is 2.45. The summed E-state index contributed by atoms with van der Waals surface area (Å²) in [6.07, 6.45) is 1.98. The zero-order valence-electron chi connectivity index (χ0n) is 11.9. The van der Waals surface area contributed by atoms with E-state index < -0.39 is 0 Å². The molecule has 1 N–H and O–H groups in total. The number of nitrogens with one attached hydrogen (secondary N) is 1. The van der Waals surface area contributed by atoms with Crippen LogP contribution in [0.1, 0.15) is 12.0 Å². The summed E-state index contributed by atoms with van der Waals surface area (Å²) in [5.74, 6) is 0.986. The summed E-state index contributed by atoms with van der Waals surface area (Å²) in [7, 11) is 1.73. The Hall–Kier alpha value is -1.37. The maximum Gasteiger partial charge on any atom is 0.184 e. The fourth-order valence-corrected chi connectivity index (χ4v) is 3.96. The molecule has 0 spiro atoms. The molecular formula is C15H18N2O3S. The molecule has 2 aromatic rings. The maximum atomic E-state index is 5.61. The van der Waals surface area contributed by atoms with E-state index in [-0.39, 0.29) is 12.1 Å². The van der Waals surface area contributed by atoms with Crippen molar-refractivity contribution in [3.63, 3.8) is 0 Å². The summed E-state index contributed by atoms with van der Waals surface area (Å²) in [5, 5.41) is 4.48. The van der Waals surface area contributed by atoms with Crippen LogP contribution in [0.5, 0.6) is 5.75 Å². The van der Waals surface area contributed by atoms with Crippen molar-refractivity contribution in [3.8, 4) is 5.75 Å². The van der Waals surface area contributed by atoms with Gasteiger partial charge in [0.25, 0.3) is 0 Å². The van der Waals surface area contributed by atoms with Crippen LogP contribution in [0.15, 0.2) is 12.1 Å². The second-order valence-electron chi connectivity index (χ2n) is 5.40. The highest BCUT2D eigenvalue weighted by Crippen LogP contribution is 2.36. The summed E-state index contributed by atoms with van der Waals surface area (Å²) in [6, 6.07) is 4.41. The van der Waals surface area contributed by atoms with Crippen LogP contribution in [0.3, 0.4) is 0 Å². The molecule has 0 saturated carbocycles. The van der Waals surface area contributed by atoms with E-state index in [1.165, 1.54) is 10.3 Å². The SMILES string of the molecule is COC1COCCC1Nc1nc2c3c(ccc2s1)OCC3. The molecule has 1 saturated heterocycles. The summed E-state index contributed by atoms with van der Waals surface area (Å²) < 4.78 is 17.8. The van der Waals surface area contributed by atoms with Gasteiger partial charge in [-0.1, -0.05) is 11.3 Å². The molecule has 4 rings (SSSR count). The molecule has 5 nitrogen and oxygen atoms in total. The first-order chi connectivity index (χ1) is 10.3. The molecule has 6 heteroatoms. The molecule has 1 aromatic heterocycles. The largest absolute Gasteiger partial charge is 0.493 e. The number of aromatic nitrogens is 1. The topological polar surface area (TPSA) is 52.6 Å². The lowest BCUT2D eigenvalue weighted by molar-refractivity contribution is -0.0366. The minimum Gasteiger partial charge on any atom is -0.493 e. The van der Waals surface area contributed by atoms with Gasteiger partial charge < -0.3 is 19.5 Å². The van der Waals surface area contributed by atoms with Crippen LogP contribution in [0.2, 0.25) is 0 Å². The van der Waals surface area contributed by atoms with Gasteiger partial charge in [-0.25, -0.2) is 4.98 Å². The summed E-state index contributed by atoms with van der Waals surface area (Å²) >= 11 is 1.70. The molecular weight excluding hydrogens is 288 g/mol. The van der Waals surface area contributed by atoms with Crippen molar-refractivity contribution in [1.29, 1.82) is 0 Å². The molecule has 1 aromatic carbocycles. The lowest BCUT2D eigenvalue weighted by Gasteiger charge is -2.30. The lowest BCUT2D eigenvalue weighted by Crippen LogP contribution is -2.43. The molecule has 21 heavy (non-hydrogen) atoms. The van der Waals surface area contributed by atoms with Crippen molar-refractivity contribution in [2.45, 2.75) is 25.0 Å². The minimum absolute atomic E-state index is 0.0832. The first-order valence-corrected chi connectivity index (χ1v) is 8.09. The van der Waals surface area contributed by atoms with Crippen LogP contribution in [-0.4, -0.2) is 44.1 Å². The second kappa shape index (κ2) is 5.44. The van der Waals surface area contributed by atoms with Crippen LogP contribution in [-0.2, 0) is 15.9 Å². The molecule has 112 valence electrons. The number of nitrogens with zero attached hydrogens (tertiary/aromatic N) is 1. The molecule has 0 bridgehead atoms. The molecule has 1 fully saturated rings. The average Bonchev–Trinajstić information content (AvgIpc) is 3.12. The lowest BCUT2D eigenvalue weighted by atomic mass is 10.1. The third-order valence-corrected chi connectivity index (χ3v) is 5.10. The zero-order valence-corrected chi connectivity index (χ0v) is 12.7. The van der Waals surface area contributed by atoms with E-state index in [4.69, 9.17) is 19.2 Å². The van der Waals surface area contributed by atoms with Crippen molar-refractivity contribution in [1.82, 2.24) is 4.98 Å². The third kappa shape index (κ3) is 2.37. The quantitative estimate of drug-likeness (QED) is 0.944. The van der Waals surface area contributed by atoms with Crippen molar-refractivity contribution >= 4 is 26.7 Å². The van der Waals surface area contributed by atoms with Crippen LogP contribution < -0.4 is 10.1 Å². The molecule has 2 aliphatic rings. The summed E-state index contributed by atoms with van der Waals surface area (Å²) in [5.41, 5.74) is 2.32. The summed E-state index contributed by atoms with van der Waals surface area (Å²) in [4.78, 5) is 4.78. The Bertz CT molecular complexity index is 658. The normalized spacial score (nSPS) is 24.8. The first kappa shape index (κ1) is 13.3. The van der Waals surface area contributed by atoms with E-state index in [0.29, 0.717) is 6.61 Å². The Labute approximate surface area is 127 Å². The maximum absolute atomic E-state index is 5.61. The Morgan fingerprint density at radius 1 is 1.38 bits per heavy atom. The van der Waals surface area contributed by atoms with Crippen molar-refractivity contribution in [3.05, 3.63) is 17.7 Å². The number of rotatable bonds is 3. The van der Waals surface area contributed by atoms with Gasteiger partial charge in [-0.3, -0.25) is 0 Å². The molecule has 3 heterocycles. The molecule has 2 atom stereocenters. The predicted molar refractivity (Wildman–Crippen MR) is 82.5 cm³/mol. The highest BCUT2D eigenvalue weighted by Gasteiger charge is 2.27.